The van der Waals surface area contributed by atoms with E-state index in [2.05, 4.69) is 9.97 Å². The van der Waals surface area contributed by atoms with Gasteiger partial charge in [-0.25, -0.2) is 9.59 Å². The van der Waals surface area contributed by atoms with Gasteiger partial charge in [-0.1, -0.05) is 0 Å². The SMILES string of the molecule is Cn1ccc(N)nc1=O.Cn1ccc(N)nc1=O.N.N.[Pt+4]. The van der Waals surface area contributed by atoms with Gasteiger partial charge in [0.2, 0.25) is 0 Å². The largest absolute Gasteiger partial charge is 4.00 e. The fourth-order valence-corrected chi connectivity index (χ4v) is 0.957. The van der Waals surface area contributed by atoms with E-state index in [0.29, 0.717) is 0 Å². The van der Waals surface area contributed by atoms with Crippen molar-refractivity contribution >= 4 is 11.6 Å². The first-order valence-corrected chi connectivity index (χ1v) is 4.98. The molecule has 2 aromatic rings. The summed E-state index contributed by atoms with van der Waals surface area (Å²) in [5, 5.41) is 0. The van der Waals surface area contributed by atoms with Crippen LogP contribution < -0.4 is 35.1 Å². The monoisotopic (exact) mass is 479 g/mol. The summed E-state index contributed by atoms with van der Waals surface area (Å²) >= 11 is 0. The Bertz CT molecular complexity index is 596. The van der Waals surface area contributed by atoms with Gasteiger partial charge in [0.25, 0.3) is 0 Å². The molecule has 0 aliphatic rings. The zero-order valence-corrected chi connectivity index (χ0v) is 14.1. The van der Waals surface area contributed by atoms with Crippen molar-refractivity contribution in [3.63, 3.8) is 0 Å². The molecule has 2 heterocycles. The first-order valence-electron chi connectivity index (χ1n) is 4.98. The molecular formula is C10H20N8O2Pt+4. The van der Waals surface area contributed by atoms with E-state index >= 15 is 0 Å². The van der Waals surface area contributed by atoms with Gasteiger partial charge in [0.15, 0.2) is 0 Å². The molecule has 118 valence electrons. The van der Waals surface area contributed by atoms with Crippen LogP contribution in [0.15, 0.2) is 34.1 Å². The predicted molar refractivity (Wildman–Crippen MR) is 77.8 cm³/mol. The Morgan fingerprint density at radius 3 is 1.33 bits per heavy atom. The molecule has 0 saturated carbocycles. The Morgan fingerprint density at radius 1 is 0.857 bits per heavy atom. The van der Waals surface area contributed by atoms with Crippen molar-refractivity contribution in [3.8, 4) is 0 Å². The topological polar surface area (TPSA) is 192 Å². The van der Waals surface area contributed by atoms with Crippen LogP contribution in [-0.4, -0.2) is 19.1 Å². The third-order valence-corrected chi connectivity index (χ3v) is 1.99. The minimum Gasteiger partial charge on any atom is -0.383 e. The first kappa shape index (κ1) is 24.0. The van der Waals surface area contributed by atoms with E-state index in [1.807, 2.05) is 0 Å². The summed E-state index contributed by atoms with van der Waals surface area (Å²) in [5.41, 5.74) is 9.76. The summed E-state index contributed by atoms with van der Waals surface area (Å²) in [7, 11) is 3.24. The number of rotatable bonds is 0. The third-order valence-electron chi connectivity index (χ3n) is 1.99. The zero-order valence-electron chi connectivity index (χ0n) is 11.8. The van der Waals surface area contributed by atoms with Gasteiger partial charge in [0.1, 0.15) is 11.6 Å². The molecule has 0 aromatic carbocycles. The molecule has 2 rings (SSSR count). The Hall–Kier alpha value is -2.03. The van der Waals surface area contributed by atoms with Crippen LogP contribution in [-0.2, 0) is 35.2 Å². The number of nitrogens with zero attached hydrogens (tertiary/aromatic N) is 4. The fourth-order valence-electron chi connectivity index (χ4n) is 0.957. The fraction of sp³-hybridized carbons (Fsp3) is 0.200. The molecule has 10 N–H and O–H groups in total. The van der Waals surface area contributed by atoms with Gasteiger partial charge in [-0.05, 0) is 12.1 Å². The second-order valence-electron chi connectivity index (χ2n) is 3.49. The van der Waals surface area contributed by atoms with Gasteiger partial charge in [-0.2, -0.15) is 9.97 Å². The van der Waals surface area contributed by atoms with Crippen LogP contribution in [0.25, 0.3) is 0 Å². The number of aryl methyl sites for hydroxylation is 2. The maximum absolute atomic E-state index is 10.6. The summed E-state index contributed by atoms with van der Waals surface area (Å²) in [6.45, 7) is 0. The minimum absolute atomic E-state index is 0. The van der Waals surface area contributed by atoms with Crippen LogP contribution in [0, 0.1) is 0 Å². The number of anilines is 2. The molecule has 2 aromatic heterocycles. The van der Waals surface area contributed by atoms with Crippen molar-refractivity contribution in [1.82, 2.24) is 31.4 Å². The van der Waals surface area contributed by atoms with E-state index in [0.717, 1.165) is 0 Å². The molecule has 0 aliphatic carbocycles. The molecule has 0 fully saturated rings. The summed E-state index contributed by atoms with van der Waals surface area (Å²) in [6, 6.07) is 3.14. The van der Waals surface area contributed by atoms with Gasteiger partial charge in [0.05, 0.1) is 0 Å². The molecule has 21 heavy (non-hydrogen) atoms. The Morgan fingerprint density at radius 2 is 1.14 bits per heavy atom. The molecular weight excluding hydrogens is 459 g/mol. The Labute approximate surface area is 135 Å². The van der Waals surface area contributed by atoms with Crippen LogP contribution in [0.2, 0.25) is 0 Å². The summed E-state index contributed by atoms with van der Waals surface area (Å²) in [5.74, 6) is 0.524. The summed E-state index contributed by atoms with van der Waals surface area (Å²) in [6.07, 6.45) is 3.15. The molecule has 11 heteroatoms. The Balaban J connectivity index is -0.000000270. The minimum atomic E-state index is -0.324. The van der Waals surface area contributed by atoms with E-state index < -0.39 is 0 Å². The molecule has 0 atom stereocenters. The van der Waals surface area contributed by atoms with E-state index in [4.69, 9.17) is 11.5 Å². The second kappa shape index (κ2) is 10.7. The average Bonchev–Trinajstić information content (AvgIpc) is 2.30. The molecule has 0 radical (unpaired) electrons. The van der Waals surface area contributed by atoms with Crippen LogP contribution in [0.4, 0.5) is 11.6 Å². The van der Waals surface area contributed by atoms with Crippen LogP contribution >= 0.6 is 0 Å². The number of nitrogen functional groups attached to an aromatic ring is 2. The quantitative estimate of drug-likeness (QED) is 0.371. The smallest absolute Gasteiger partial charge is 0.383 e. The molecule has 0 spiro atoms. The van der Waals surface area contributed by atoms with Crippen LogP contribution in [0.3, 0.4) is 0 Å². The summed E-state index contributed by atoms with van der Waals surface area (Å²) in [4.78, 5) is 28.1. The maximum Gasteiger partial charge on any atom is 4.00 e. The second-order valence-corrected chi connectivity index (χ2v) is 3.49. The van der Waals surface area contributed by atoms with Gasteiger partial charge in [0, 0.05) is 26.5 Å². The van der Waals surface area contributed by atoms with E-state index in [-0.39, 0.29) is 56.4 Å². The molecule has 0 bridgehead atoms. The van der Waals surface area contributed by atoms with Crippen molar-refractivity contribution in [3.05, 3.63) is 45.5 Å². The molecule has 0 unspecified atom stereocenters. The first-order chi connectivity index (χ1) is 8.40. The van der Waals surface area contributed by atoms with Crippen LogP contribution in [0.5, 0.6) is 0 Å². The van der Waals surface area contributed by atoms with Gasteiger partial charge < -0.3 is 32.9 Å². The standard InChI is InChI=1S/2C5H7N3O.2H3N.Pt/c2*1-8-3-2-4(6)7-5(8)9;;;/h2*2-3H,1H3,(H2,6,7,9);2*1H3;/q;;;;+4. The molecule has 0 amide bonds. The number of hydrogen-bond donors (Lipinski definition) is 4. The van der Waals surface area contributed by atoms with Gasteiger partial charge in [-0.15, -0.1) is 0 Å². The third kappa shape index (κ3) is 7.98. The van der Waals surface area contributed by atoms with E-state index in [1.165, 1.54) is 9.13 Å². The van der Waals surface area contributed by atoms with Crippen molar-refractivity contribution in [2.45, 2.75) is 0 Å². The molecule has 0 saturated heterocycles. The molecule has 0 aliphatic heterocycles. The summed E-state index contributed by atoms with van der Waals surface area (Å²) < 4.78 is 2.72. The van der Waals surface area contributed by atoms with Crippen molar-refractivity contribution in [1.29, 1.82) is 0 Å². The normalized spacial score (nSPS) is 8.10. The van der Waals surface area contributed by atoms with Crippen LogP contribution in [0.1, 0.15) is 0 Å². The maximum atomic E-state index is 10.6. The average molecular weight is 479 g/mol. The predicted octanol–water partition coefficient (Wildman–Crippen LogP) is -0.953. The number of aromatic nitrogens is 4. The number of nitrogens with two attached hydrogens (primary N) is 2. The van der Waals surface area contributed by atoms with E-state index in [9.17, 15) is 9.59 Å². The van der Waals surface area contributed by atoms with Crippen molar-refractivity contribution in [2.75, 3.05) is 11.5 Å². The van der Waals surface area contributed by atoms with Crippen molar-refractivity contribution in [2.24, 2.45) is 14.1 Å². The zero-order chi connectivity index (χ0) is 13.7. The van der Waals surface area contributed by atoms with Gasteiger partial charge >= 0.3 is 32.4 Å². The van der Waals surface area contributed by atoms with Gasteiger partial charge in [-0.3, -0.25) is 0 Å². The van der Waals surface area contributed by atoms with E-state index in [1.54, 1.807) is 38.6 Å². The number of hydrogen-bond acceptors (Lipinski definition) is 8. The molecule has 10 nitrogen and oxygen atoms in total. The Kier molecular flexibility index (Phi) is 12.3. The van der Waals surface area contributed by atoms with Crippen molar-refractivity contribution < 1.29 is 21.1 Å².